The summed E-state index contributed by atoms with van der Waals surface area (Å²) in [7, 11) is -1.44. The maximum absolute atomic E-state index is 6.20. The maximum atomic E-state index is 6.20. The monoisotopic (exact) mass is 246 g/mol. The Labute approximate surface area is 106 Å². The van der Waals surface area contributed by atoms with Crippen molar-refractivity contribution in [1.29, 1.82) is 0 Å². The molecule has 2 heteroatoms. The van der Waals surface area contributed by atoms with Gasteiger partial charge in [0.1, 0.15) is 0 Å². The van der Waals surface area contributed by atoms with Crippen molar-refractivity contribution in [1.82, 2.24) is 0 Å². The number of allylic oxidation sites excluding steroid dienone is 2. The summed E-state index contributed by atoms with van der Waals surface area (Å²) in [6.45, 7) is 6.79. The molecule has 0 heterocycles. The molecule has 1 aromatic carbocycles. The van der Waals surface area contributed by atoms with E-state index in [1.807, 2.05) is 0 Å². The minimum Gasteiger partial charge on any atom is -0.547 e. The minimum absolute atomic E-state index is 1.07. The Hall–Kier alpha value is -1.02. The van der Waals surface area contributed by atoms with Crippen LogP contribution in [0.5, 0.6) is 0 Å². The molecular weight excluding hydrogens is 224 g/mol. The summed E-state index contributed by atoms with van der Waals surface area (Å²) in [5, 5.41) is 0. The van der Waals surface area contributed by atoms with Crippen molar-refractivity contribution >= 4 is 8.32 Å². The van der Waals surface area contributed by atoms with E-state index >= 15 is 0 Å². The van der Waals surface area contributed by atoms with Gasteiger partial charge in [0, 0.05) is 6.42 Å². The smallest absolute Gasteiger partial charge is 0.241 e. The second-order valence-electron chi connectivity index (χ2n) is 5.76. The molecule has 0 amide bonds. The summed E-state index contributed by atoms with van der Waals surface area (Å²) in [4.78, 5) is 0. The van der Waals surface area contributed by atoms with Crippen LogP contribution in [0, 0.1) is 0 Å². The van der Waals surface area contributed by atoms with Crippen molar-refractivity contribution in [3.63, 3.8) is 0 Å². The van der Waals surface area contributed by atoms with Gasteiger partial charge in [-0.05, 0) is 50.0 Å². The Kier molecular flexibility index (Phi) is 3.72. The summed E-state index contributed by atoms with van der Waals surface area (Å²) in [5.41, 5.74) is 2.93. The van der Waals surface area contributed by atoms with E-state index in [-0.39, 0.29) is 0 Å². The first kappa shape index (κ1) is 12.4. The van der Waals surface area contributed by atoms with Crippen LogP contribution in [0.2, 0.25) is 19.6 Å². The zero-order valence-electron chi connectivity index (χ0n) is 11.1. The van der Waals surface area contributed by atoms with Crippen LogP contribution in [0.1, 0.15) is 24.8 Å². The molecular formula is C15H22OSi. The zero-order chi connectivity index (χ0) is 12.3. The first-order valence-corrected chi connectivity index (χ1v) is 9.89. The molecule has 1 aliphatic rings. The van der Waals surface area contributed by atoms with Gasteiger partial charge in [0.25, 0.3) is 0 Å². The molecule has 0 N–H and O–H groups in total. The van der Waals surface area contributed by atoms with E-state index in [0.717, 1.165) is 12.8 Å². The van der Waals surface area contributed by atoms with Gasteiger partial charge in [0.05, 0.1) is 5.76 Å². The summed E-state index contributed by atoms with van der Waals surface area (Å²) in [5.74, 6) is 1.30. The van der Waals surface area contributed by atoms with Crippen LogP contribution in [-0.4, -0.2) is 8.32 Å². The van der Waals surface area contributed by atoms with Gasteiger partial charge in [-0.2, -0.15) is 0 Å². The average Bonchev–Trinajstić information content (AvgIpc) is 2.65. The molecule has 1 aliphatic carbocycles. The number of benzene rings is 1. The molecule has 0 saturated carbocycles. The van der Waals surface area contributed by atoms with Gasteiger partial charge in [-0.3, -0.25) is 0 Å². The molecule has 1 nitrogen and oxygen atoms in total. The fourth-order valence-electron chi connectivity index (χ4n) is 2.30. The molecule has 0 radical (unpaired) electrons. The molecule has 1 aromatic rings. The quantitative estimate of drug-likeness (QED) is 0.710. The Morgan fingerprint density at radius 2 is 1.76 bits per heavy atom. The highest BCUT2D eigenvalue weighted by Gasteiger charge is 2.23. The lowest BCUT2D eigenvalue weighted by Gasteiger charge is -2.21. The molecule has 0 aliphatic heterocycles. The SMILES string of the molecule is C[Si](C)(C)OC1=C(Cc2ccccc2)CCC1. The van der Waals surface area contributed by atoms with Crippen molar-refractivity contribution in [3.05, 3.63) is 47.2 Å². The highest BCUT2D eigenvalue weighted by atomic mass is 28.4. The maximum Gasteiger partial charge on any atom is 0.241 e. The molecule has 0 unspecified atom stereocenters. The summed E-state index contributed by atoms with van der Waals surface area (Å²) in [6.07, 6.45) is 4.70. The fourth-order valence-corrected chi connectivity index (χ4v) is 3.29. The van der Waals surface area contributed by atoms with Crippen LogP contribution in [0.25, 0.3) is 0 Å². The van der Waals surface area contributed by atoms with E-state index in [1.165, 1.54) is 29.7 Å². The lowest BCUT2D eigenvalue weighted by molar-refractivity contribution is 0.403. The predicted octanol–water partition coefficient (Wildman–Crippen LogP) is 4.52. The second-order valence-corrected chi connectivity index (χ2v) is 10.2. The molecule has 2 rings (SSSR count). The van der Waals surface area contributed by atoms with Gasteiger partial charge in [-0.25, -0.2) is 0 Å². The van der Waals surface area contributed by atoms with E-state index in [2.05, 4.69) is 50.0 Å². The molecule has 0 fully saturated rings. The average molecular weight is 246 g/mol. The van der Waals surface area contributed by atoms with Gasteiger partial charge in [-0.15, -0.1) is 0 Å². The van der Waals surface area contributed by atoms with Crippen molar-refractivity contribution in [2.45, 2.75) is 45.3 Å². The van der Waals surface area contributed by atoms with Crippen LogP contribution in [0.15, 0.2) is 41.7 Å². The van der Waals surface area contributed by atoms with E-state index in [0.29, 0.717) is 0 Å². The predicted molar refractivity (Wildman–Crippen MR) is 75.5 cm³/mol. The molecule has 0 aromatic heterocycles. The number of hydrogen-bond donors (Lipinski definition) is 0. The van der Waals surface area contributed by atoms with E-state index in [1.54, 1.807) is 0 Å². The van der Waals surface area contributed by atoms with Crippen LogP contribution in [-0.2, 0) is 10.8 Å². The van der Waals surface area contributed by atoms with Crippen LogP contribution in [0.4, 0.5) is 0 Å². The van der Waals surface area contributed by atoms with Gasteiger partial charge < -0.3 is 4.43 Å². The van der Waals surface area contributed by atoms with Gasteiger partial charge in [-0.1, -0.05) is 30.3 Å². The largest absolute Gasteiger partial charge is 0.547 e. The molecule has 0 bridgehead atoms. The van der Waals surface area contributed by atoms with E-state index in [9.17, 15) is 0 Å². The minimum atomic E-state index is -1.44. The van der Waals surface area contributed by atoms with E-state index in [4.69, 9.17) is 4.43 Å². The van der Waals surface area contributed by atoms with Gasteiger partial charge >= 0.3 is 0 Å². The van der Waals surface area contributed by atoms with Gasteiger partial charge in [0.15, 0.2) is 0 Å². The standard InChI is InChI=1S/C15H22OSi/c1-17(2,3)16-15-11-7-10-14(15)12-13-8-5-4-6-9-13/h4-6,8-9H,7,10-12H2,1-3H3. The van der Waals surface area contributed by atoms with Crippen molar-refractivity contribution < 1.29 is 4.43 Å². The lowest BCUT2D eigenvalue weighted by Crippen LogP contribution is -2.24. The summed E-state index contributed by atoms with van der Waals surface area (Å²) in [6, 6.07) is 10.7. The van der Waals surface area contributed by atoms with Crippen molar-refractivity contribution in [2.75, 3.05) is 0 Å². The Morgan fingerprint density at radius 3 is 2.41 bits per heavy atom. The number of hydrogen-bond acceptors (Lipinski definition) is 1. The Balaban J connectivity index is 2.10. The third-order valence-corrected chi connectivity index (χ3v) is 3.83. The molecule has 0 spiro atoms. The van der Waals surface area contributed by atoms with E-state index < -0.39 is 8.32 Å². The third-order valence-electron chi connectivity index (χ3n) is 2.97. The highest BCUT2D eigenvalue weighted by molar-refractivity contribution is 6.70. The summed E-state index contributed by atoms with van der Waals surface area (Å²) >= 11 is 0. The first-order chi connectivity index (χ1) is 8.04. The molecule has 0 atom stereocenters. The van der Waals surface area contributed by atoms with Crippen LogP contribution < -0.4 is 0 Å². The first-order valence-electron chi connectivity index (χ1n) is 6.48. The molecule has 0 saturated heterocycles. The lowest BCUT2D eigenvalue weighted by atomic mass is 10.0. The Bertz CT molecular complexity index is 401. The number of rotatable bonds is 4. The Morgan fingerprint density at radius 1 is 1.06 bits per heavy atom. The topological polar surface area (TPSA) is 9.23 Å². The molecule has 17 heavy (non-hydrogen) atoms. The van der Waals surface area contributed by atoms with Crippen molar-refractivity contribution in [2.24, 2.45) is 0 Å². The van der Waals surface area contributed by atoms with Crippen LogP contribution in [0.3, 0.4) is 0 Å². The second kappa shape index (κ2) is 5.09. The van der Waals surface area contributed by atoms with Crippen molar-refractivity contribution in [3.8, 4) is 0 Å². The zero-order valence-corrected chi connectivity index (χ0v) is 12.1. The highest BCUT2D eigenvalue weighted by Crippen LogP contribution is 2.31. The summed E-state index contributed by atoms with van der Waals surface area (Å²) < 4.78 is 6.20. The van der Waals surface area contributed by atoms with Gasteiger partial charge in [0.2, 0.25) is 8.32 Å². The molecule has 92 valence electrons. The third kappa shape index (κ3) is 3.74. The normalized spacial score (nSPS) is 16.4. The van der Waals surface area contributed by atoms with Crippen LogP contribution >= 0.6 is 0 Å². The fraction of sp³-hybridized carbons (Fsp3) is 0.467.